The molecule has 6 heteroatoms. The fraction of sp³-hybridized carbons (Fsp3) is 0.647. The van der Waals surface area contributed by atoms with Crippen LogP contribution in [0.3, 0.4) is 0 Å². The molecule has 0 aliphatic carbocycles. The zero-order chi connectivity index (χ0) is 16.4. The molecule has 0 amide bonds. The van der Waals surface area contributed by atoms with Crippen molar-refractivity contribution in [3.8, 4) is 11.5 Å². The van der Waals surface area contributed by atoms with Gasteiger partial charge < -0.3 is 19.3 Å². The Morgan fingerprint density at radius 2 is 2.22 bits per heavy atom. The predicted octanol–water partition coefficient (Wildman–Crippen LogP) is 2.19. The molecule has 2 saturated heterocycles. The molecule has 0 bridgehead atoms. The quantitative estimate of drug-likeness (QED) is 0.889. The Bertz CT molecular complexity index is 568. The lowest BCUT2D eigenvalue weighted by Crippen LogP contribution is -2.42. The summed E-state index contributed by atoms with van der Waals surface area (Å²) in [5.74, 6) is 1.69. The van der Waals surface area contributed by atoms with Crippen molar-refractivity contribution in [2.24, 2.45) is 11.3 Å². The molecule has 128 valence electrons. The van der Waals surface area contributed by atoms with Gasteiger partial charge in [0.1, 0.15) is 0 Å². The fourth-order valence-electron chi connectivity index (χ4n) is 3.84. The van der Waals surface area contributed by atoms with Crippen LogP contribution in [0.2, 0.25) is 5.02 Å². The average Bonchev–Trinajstić information content (AvgIpc) is 2.95. The number of benzene rings is 1. The maximum atomic E-state index is 9.87. The number of fused-ring (bicyclic) bond motifs is 1. The first kappa shape index (κ1) is 16.8. The first-order chi connectivity index (χ1) is 11.1. The van der Waals surface area contributed by atoms with Gasteiger partial charge in [0.05, 0.1) is 32.5 Å². The van der Waals surface area contributed by atoms with Gasteiger partial charge in [-0.25, -0.2) is 0 Å². The van der Waals surface area contributed by atoms with Gasteiger partial charge in [0.2, 0.25) is 0 Å². The van der Waals surface area contributed by atoms with E-state index in [9.17, 15) is 5.11 Å². The van der Waals surface area contributed by atoms with Crippen LogP contribution < -0.4 is 9.47 Å². The normalized spacial score (nSPS) is 27.7. The highest BCUT2D eigenvalue weighted by atomic mass is 35.5. The highest BCUT2D eigenvalue weighted by Gasteiger charge is 2.48. The number of ether oxygens (including phenoxy) is 3. The monoisotopic (exact) mass is 341 g/mol. The van der Waals surface area contributed by atoms with Crippen LogP contribution in [0, 0.1) is 11.3 Å². The Morgan fingerprint density at radius 1 is 1.39 bits per heavy atom. The standard InChI is InChI=1S/C17H24ClNO4/c1-21-14-4-3-12(15(18)16(14)22-2)7-19-8-13-5-6-23-11-17(13,9-19)10-20/h3-4,13,20H,5-11H2,1-2H3/t13-,17+/m0/s1. The van der Waals surface area contributed by atoms with Crippen LogP contribution in [0.5, 0.6) is 11.5 Å². The van der Waals surface area contributed by atoms with E-state index in [-0.39, 0.29) is 12.0 Å². The minimum atomic E-state index is -0.124. The summed E-state index contributed by atoms with van der Waals surface area (Å²) in [7, 11) is 3.19. The fourth-order valence-corrected chi connectivity index (χ4v) is 4.14. The second-order valence-electron chi connectivity index (χ2n) is 6.50. The molecule has 1 aromatic rings. The van der Waals surface area contributed by atoms with E-state index in [1.807, 2.05) is 12.1 Å². The SMILES string of the molecule is COc1ccc(CN2C[C@@H]3CCOC[C@]3(CO)C2)c(Cl)c1OC. The number of likely N-dealkylation sites (tertiary alicyclic amines) is 1. The lowest BCUT2D eigenvalue weighted by molar-refractivity contribution is -0.0561. The van der Waals surface area contributed by atoms with Crippen LogP contribution in [0.15, 0.2) is 12.1 Å². The Morgan fingerprint density at radius 3 is 2.87 bits per heavy atom. The third-order valence-electron chi connectivity index (χ3n) is 5.16. The van der Waals surface area contributed by atoms with Crippen LogP contribution in [0.1, 0.15) is 12.0 Å². The topological polar surface area (TPSA) is 51.2 Å². The molecule has 0 unspecified atom stereocenters. The van der Waals surface area contributed by atoms with Crippen molar-refractivity contribution >= 4 is 11.6 Å². The Balaban J connectivity index is 1.78. The molecule has 0 saturated carbocycles. The Kier molecular flexibility index (Phi) is 5.01. The van der Waals surface area contributed by atoms with Crippen molar-refractivity contribution in [2.45, 2.75) is 13.0 Å². The minimum absolute atomic E-state index is 0.124. The molecule has 2 aliphatic heterocycles. The largest absolute Gasteiger partial charge is 0.493 e. The second kappa shape index (κ2) is 6.85. The summed E-state index contributed by atoms with van der Waals surface area (Å²) in [6.07, 6.45) is 1.01. The smallest absolute Gasteiger partial charge is 0.179 e. The lowest BCUT2D eigenvalue weighted by Gasteiger charge is -2.36. The van der Waals surface area contributed by atoms with E-state index in [0.29, 0.717) is 29.0 Å². The molecule has 0 aromatic heterocycles. The molecular formula is C17H24ClNO4. The molecule has 1 N–H and O–H groups in total. The summed E-state index contributed by atoms with van der Waals surface area (Å²) in [5.41, 5.74) is 0.887. The molecule has 1 aromatic carbocycles. The van der Waals surface area contributed by atoms with Gasteiger partial charge in [0.25, 0.3) is 0 Å². The van der Waals surface area contributed by atoms with Gasteiger partial charge in [-0.1, -0.05) is 17.7 Å². The van der Waals surface area contributed by atoms with Gasteiger partial charge in [-0.3, -0.25) is 4.90 Å². The highest BCUT2D eigenvalue weighted by molar-refractivity contribution is 6.33. The van der Waals surface area contributed by atoms with Crippen LogP contribution in [0.4, 0.5) is 0 Å². The van der Waals surface area contributed by atoms with E-state index >= 15 is 0 Å². The minimum Gasteiger partial charge on any atom is -0.493 e. The predicted molar refractivity (Wildman–Crippen MR) is 88.3 cm³/mol. The molecule has 0 radical (unpaired) electrons. The molecule has 2 aliphatic rings. The Labute approximate surface area is 142 Å². The van der Waals surface area contributed by atoms with E-state index in [4.69, 9.17) is 25.8 Å². The van der Waals surface area contributed by atoms with E-state index in [1.165, 1.54) is 0 Å². The average molecular weight is 342 g/mol. The summed E-state index contributed by atoms with van der Waals surface area (Å²) >= 11 is 6.49. The van der Waals surface area contributed by atoms with Crippen molar-refractivity contribution in [1.82, 2.24) is 4.90 Å². The number of aliphatic hydroxyl groups is 1. The maximum Gasteiger partial charge on any atom is 0.179 e. The summed E-state index contributed by atoms with van der Waals surface area (Å²) in [4.78, 5) is 2.35. The zero-order valence-corrected chi connectivity index (χ0v) is 14.4. The Hall–Kier alpha value is -1.01. The van der Waals surface area contributed by atoms with Crippen molar-refractivity contribution in [3.63, 3.8) is 0 Å². The van der Waals surface area contributed by atoms with Gasteiger partial charge >= 0.3 is 0 Å². The van der Waals surface area contributed by atoms with E-state index < -0.39 is 0 Å². The highest BCUT2D eigenvalue weighted by Crippen LogP contribution is 2.43. The van der Waals surface area contributed by atoms with Crippen LogP contribution >= 0.6 is 11.6 Å². The van der Waals surface area contributed by atoms with Crippen molar-refractivity contribution in [1.29, 1.82) is 0 Å². The maximum absolute atomic E-state index is 9.87. The third kappa shape index (κ3) is 3.03. The van der Waals surface area contributed by atoms with Crippen molar-refractivity contribution in [2.75, 3.05) is 47.1 Å². The van der Waals surface area contributed by atoms with Crippen LogP contribution in [-0.4, -0.2) is 57.1 Å². The number of hydrogen-bond acceptors (Lipinski definition) is 5. The van der Waals surface area contributed by atoms with Gasteiger partial charge in [0, 0.05) is 31.7 Å². The van der Waals surface area contributed by atoms with E-state index in [2.05, 4.69) is 4.90 Å². The number of hydrogen-bond donors (Lipinski definition) is 1. The third-order valence-corrected chi connectivity index (χ3v) is 5.57. The molecule has 0 spiro atoms. The van der Waals surface area contributed by atoms with Crippen LogP contribution in [-0.2, 0) is 11.3 Å². The first-order valence-electron chi connectivity index (χ1n) is 7.94. The van der Waals surface area contributed by atoms with Gasteiger partial charge in [-0.15, -0.1) is 0 Å². The number of rotatable bonds is 5. The van der Waals surface area contributed by atoms with Gasteiger partial charge in [-0.05, 0) is 24.0 Å². The van der Waals surface area contributed by atoms with Crippen molar-refractivity contribution < 1.29 is 19.3 Å². The summed E-state index contributed by atoms with van der Waals surface area (Å²) < 4.78 is 16.3. The number of aliphatic hydroxyl groups excluding tert-OH is 1. The van der Waals surface area contributed by atoms with Crippen molar-refractivity contribution in [3.05, 3.63) is 22.7 Å². The van der Waals surface area contributed by atoms with Gasteiger partial charge in [0.15, 0.2) is 11.5 Å². The molecule has 2 heterocycles. The molecule has 3 rings (SSSR count). The molecular weight excluding hydrogens is 318 g/mol. The lowest BCUT2D eigenvalue weighted by atomic mass is 9.76. The zero-order valence-electron chi connectivity index (χ0n) is 13.7. The molecule has 23 heavy (non-hydrogen) atoms. The molecule has 2 atom stereocenters. The van der Waals surface area contributed by atoms with E-state index in [1.54, 1.807) is 14.2 Å². The first-order valence-corrected chi connectivity index (χ1v) is 8.31. The van der Waals surface area contributed by atoms with Gasteiger partial charge in [-0.2, -0.15) is 0 Å². The number of halogens is 1. The number of methoxy groups -OCH3 is 2. The number of nitrogens with zero attached hydrogens (tertiary/aromatic N) is 1. The summed E-state index contributed by atoms with van der Waals surface area (Å²) in [5, 5.41) is 10.5. The molecule has 5 nitrogen and oxygen atoms in total. The molecule has 2 fully saturated rings. The second-order valence-corrected chi connectivity index (χ2v) is 6.88. The van der Waals surface area contributed by atoms with Crippen LogP contribution in [0.25, 0.3) is 0 Å². The summed E-state index contributed by atoms with van der Waals surface area (Å²) in [6, 6.07) is 3.86. The van der Waals surface area contributed by atoms with E-state index in [0.717, 1.165) is 38.2 Å². The summed E-state index contributed by atoms with van der Waals surface area (Å²) in [6.45, 7) is 4.14.